The van der Waals surface area contributed by atoms with Crippen molar-refractivity contribution in [2.24, 2.45) is 0 Å². The molecule has 0 aliphatic carbocycles. The van der Waals surface area contributed by atoms with E-state index in [-0.39, 0.29) is 0 Å². The van der Waals surface area contributed by atoms with Crippen LogP contribution in [0.5, 0.6) is 0 Å². The van der Waals surface area contributed by atoms with E-state index >= 15 is 0 Å². The first-order chi connectivity index (χ1) is 9.65. The third kappa shape index (κ3) is 2.60. The van der Waals surface area contributed by atoms with E-state index < -0.39 is 0 Å². The van der Waals surface area contributed by atoms with Crippen molar-refractivity contribution in [3.63, 3.8) is 0 Å². The molecule has 1 saturated heterocycles. The number of rotatable bonds is 2. The highest BCUT2D eigenvalue weighted by Crippen LogP contribution is 2.30. The maximum Gasteiger partial charge on any atom is 0.0908 e. The maximum absolute atomic E-state index is 6.22. The van der Waals surface area contributed by atoms with E-state index in [1.165, 1.54) is 12.8 Å². The molecule has 0 amide bonds. The van der Waals surface area contributed by atoms with E-state index in [9.17, 15) is 0 Å². The molecular weight excluding hydrogens is 270 g/mol. The predicted octanol–water partition coefficient (Wildman–Crippen LogP) is 3.78. The Morgan fingerprint density at radius 3 is 3.00 bits per heavy atom. The normalized spacial score (nSPS) is 23.9. The molecule has 1 aliphatic rings. The number of benzene rings is 1. The number of aromatic nitrogens is 1. The summed E-state index contributed by atoms with van der Waals surface area (Å²) >= 11 is 6.22. The number of nitrogens with one attached hydrogen (secondary N) is 1. The van der Waals surface area contributed by atoms with Gasteiger partial charge in [0.1, 0.15) is 0 Å². The summed E-state index contributed by atoms with van der Waals surface area (Å²) in [7, 11) is 2.20. The van der Waals surface area contributed by atoms with Gasteiger partial charge in [0.15, 0.2) is 0 Å². The Hall–Kier alpha value is -1.32. The van der Waals surface area contributed by atoms with Crippen LogP contribution in [0.25, 0.3) is 10.9 Å². The highest BCUT2D eigenvalue weighted by Gasteiger charge is 2.23. The van der Waals surface area contributed by atoms with Crippen LogP contribution in [-0.2, 0) is 0 Å². The van der Waals surface area contributed by atoms with E-state index in [4.69, 9.17) is 11.6 Å². The fourth-order valence-corrected chi connectivity index (χ4v) is 3.12. The summed E-state index contributed by atoms with van der Waals surface area (Å²) in [6, 6.07) is 9.17. The van der Waals surface area contributed by atoms with E-state index in [1.54, 1.807) is 6.20 Å². The van der Waals surface area contributed by atoms with Crippen LogP contribution >= 0.6 is 11.6 Å². The van der Waals surface area contributed by atoms with Gasteiger partial charge >= 0.3 is 0 Å². The fraction of sp³-hybridized carbons (Fsp3) is 0.438. The predicted molar refractivity (Wildman–Crippen MR) is 85.5 cm³/mol. The summed E-state index contributed by atoms with van der Waals surface area (Å²) in [5.41, 5.74) is 2.01. The first-order valence-electron chi connectivity index (χ1n) is 7.15. The van der Waals surface area contributed by atoms with Gasteiger partial charge in [0, 0.05) is 35.9 Å². The topological polar surface area (TPSA) is 28.2 Å². The molecule has 1 aromatic carbocycles. The van der Waals surface area contributed by atoms with Crippen molar-refractivity contribution in [1.29, 1.82) is 0 Å². The maximum atomic E-state index is 6.22. The van der Waals surface area contributed by atoms with Gasteiger partial charge in [0.25, 0.3) is 0 Å². The van der Waals surface area contributed by atoms with E-state index in [0.717, 1.165) is 23.1 Å². The zero-order valence-electron chi connectivity index (χ0n) is 11.9. The number of halogens is 1. The summed E-state index contributed by atoms with van der Waals surface area (Å²) in [4.78, 5) is 6.80. The van der Waals surface area contributed by atoms with Crippen molar-refractivity contribution >= 4 is 28.2 Å². The molecule has 20 heavy (non-hydrogen) atoms. The Balaban J connectivity index is 1.86. The zero-order valence-corrected chi connectivity index (χ0v) is 12.7. The summed E-state index contributed by atoms with van der Waals surface area (Å²) in [6.45, 7) is 3.43. The number of hydrogen-bond acceptors (Lipinski definition) is 3. The minimum absolute atomic E-state index is 0.519. The lowest BCUT2D eigenvalue weighted by Crippen LogP contribution is -2.42. The largest absolute Gasteiger partial charge is 0.382 e. The van der Waals surface area contributed by atoms with E-state index in [1.807, 2.05) is 12.1 Å². The fourth-order valence-electron chi connectivity index (χ4n) is 2.90. The van der Waals surface area contributed by atoms with Crippen LogP contribution in [0.1, 0.15) is 19.8 Å². The van der Waals surface area contributed by atoms with Gasteiger partial charge in [-0.15, -0.1) is 0 Å². The van der Waals surface area contributed by atoms with Crippen LogP contribution in [-0.4, -0.2) is 35.6 Å². The molecule has 3 rings (SSSR count). The Labute approximate surface area is 124 Å². The van der Waals surface area contributed by atoms with Crippen molar-refractivity contribution in [2.45, 2.75) is 31.8 Å². The standard InChI is InChI=1S/C16H20ClN3/c1-11-10-12(7-9-20(11)2)19-15-6-5-14(17)16-13(15)4-3-8-18-16/h3-6,8,11-12,19H,7,9-10H2,1-2H3. The Bertz CT molecular complexity index is 614. The number of piperidine rings is 1. The molecule has 1 fully saturated rings. The summed E-state index contributed by atoms with van der Waals surface area (Å²) in [5.74, 6) is 0. The molecule has 1 aromatic heterocycles. The molecular formula is C16H20ClN3. The molecule has 1 aliphatic heterocycles. The summed E-state index contributed by atoms with van der Waals surface area (Å²) in [6.07, 6.45) is 4.13. The molecule has 0 radical (unpaired) electrons. The minimum Gasteiger partial charge on any atom is -0.382 e. The van der Waals surface area contributed by atoms with Gasteiger partial charge in [-0.1, -0.05) is 11.6 Å². The van der Waals surface area contributed by atoms with Crippen LogP contribution in [0.2, 0.25) is 5.02 Å². The highest BCUT2D eigenvalue weighted by molar-refractivity contribution is 6.35. The van der Waals surface area contributed by atoms with E-state index in [0.29, 0.717) is 17.1 Å². The third-order valence-electron chi connectivity index (χ3n) is 4.29. The van der Waals surface area contributed by atoms with Gasteiger partial charge in [-0.05, 0) is 51.1 Å². The SMILES string of the molecule is CC1CC(Nc2ccc(Cl)c3ncccc23)CCN1C. The second-order valence-corrected chi connectivity index (χ2v) is 6.10. The molecule has 3 nitrogen and oxygen atoms in total. The smallest absolute Gasteiger partial charge is 0.0908 e. The number of hydrogen-bond donors (Lipinski definition) is 1. The second-order valence-electron chi connectivity index (χ2n) is 5.69. The van der Waals surface area contributed by atoms with Gasteiger partial charge < -0.3 is 10.2 Å². The van der Waals surface area contributed by atoms with E-state index in [2.05, 4.69) is 41.3 Å². The molecule has 0 bridgehead atoms. The average molecular weight is 290 g/mol. The number of fused-ring (bicyclic) bond motifs is 1. The van der Waals surface area contributed by atoms with Gasteiger partial charge in [0.2, 0.25) is 0 Å². The lowest BCUT2D eigenvalue weighted by atomic mass is 9.98. The Morgan fingerprint density at radius 1 is 1.35 bits per heavy atom. The van der Waals surface area contributed by atoms with Gasteiger partial charge in [-0.2, -0.15) is 0 Å². The molecule has 2 unspecified atom stereocenters. The summed E-state index contributed by atoms with van der Waals surface area (Å²) in [5, 5.41) is 5.49. The van der Waals surface area contributed by atoms with Crippen molar-refractivity contribution in [3.8, 4) is 0 Å². The number of anilines is 1. The van der Waals surface area contributed by atoms with Crippen molar-refractivity contribution in [3.05, 3.63) is 35.5 Å². The quantitative estimate of drug-likeness (QED) is 0.912. The molecule has 106 valence electrons. The molecule has 1 N–H and O–H groups in total. The average Bonchev–Trinajstić information content (AvgIpc) is 2.46. The monoisotopic (exact) mass is 289 g/mol. The molecule has 0 saturated carbocycles. The molecule has 0 spiro atoms. The molecule has 2 atom stereocenters. The second kappa shape index (κ2) is 5.58. The highest BCUT2D eigenvalue weighted by atomic mass is 35.5. The van der Waals surface area contributed by atoms with Crippen molar-refractivity contribution in [1.82, 2.24) is 9.88 Å². The van der Waals surface area contributed by atoms with Crippen molar-refractivity contribution < 1.29 is 0 Å². The van der Waals surface area contributed by atoms with Crippen LogP contribution in [0, 0.1) is 0 Å². The molecule has 4 heteroatoms. The molecule has 2 heterocycles. The van der Waals surface area contributed by atoms with Crippen molar-refractivity contribution in [2.75, 3.05) is 18.9 Å². The van der Waals surface area contributed by atoms with Crippen LogP contribution in [0.3, 0.4) is 0 Å². The zero-order chi connectivity index (χ0) is 14.1. The Morgan fingerprint density at radius 2 is 2.20 bits per heavy atom. The lowest BCUT2D eigenvalue weighted by molar-refractivity contribution is 0.190. The first-order valence-corrected chi connectivity index (χ1v) is 7.53. The van der Waals surface area contributed by atoms with Crippen LogP contribution < -0.4 is 5.32 Å². The Kier molecular flexibility index (Phi) is 3.81. The lowest BCUT2D eigenvalue weighted by Gasteiger charge is -2.36. The number of likely N-dealkylation sites (tertiary alicyclic amines) is 1. The van der Waals surface area contributed by atoms with Gasteiger partial charge in [0.05, 0.1) is 10.5 Å². The third-order valence-corrected chi connectivity index (χ3v) is 4.59. The first kappa shape index (κ1) is 13.7. The molecule has 2 aromatic rings. The number of nitrogens with zero attached hydrogens (tertiary/aromatic N) is 2. The summed E-state index contributed by atoms with van der Waals surface area (Å²) < 4.78 is 0. The van der Waals surface area contributed by atoms with Crippen LogP contribution in [0.4, 0.5) is 5.69 Å². The number of pyridine rings is 1. The van der Waals surface area contributed by atoms with Crippen LogP contribution in [0.15, 0.2) is 30.5 Å². The van der Waals surface area contributed by atoms with Gasteiger partial charge in [-0.3, -0.25) is 4.98 Å². The minimum atomic E-state index is 0.519. The van der Waals surface area contributed by atoms with Gasteiger partial charge in [-0.25, -0.2) is 0 Å².